The first-order chi connectivity index (χ1) is 9.04. The van der Waals surface area contributed by atoms with Crippen molar-refractivity contribution in [1.82, 2.24) is 4.90 Å². The average molecular weight is 264 g/mol. The van der Waals surface area contributed by atoms with Gasteiger partial charge in [0.25, 0.3) is 0 Å². The summed E-state index contributed by atoms with van der Waals surface area (Å²) < 4.78 is 0. The summed E-state index contributed by atoms with van der Waals surface area (Å²) in [7, 11) is 0. The van der Waals surface area contributed by atoms with E-state index in [2.05, 4.69) is 0 Å². The van der Waals surface area contributed by atoms with Gasteiger partial charge in [0.2, 0.25) is 5.91 Å². The normalized spacial score (nSPS) is 11.9. The molecule has 0 saturated carbocycles. The largest absolute Gasteiger partial charge is 0.481 e. The number of amides is 1. The minimum absolute atomic E-state index is 0.0579. The second-order valence-corrected chi connectivity index (χ2v) is 4.36. The number of nitrogens with zero attached hydrogens (tertiary/aromatic N) is 1. The van der Waals surface area contributed by atoms with Crippen LogP contribution >= 0.6 is 0 Å². The van der Waals surface area contributed by atoms with Gasteiger partial charge in [0, 0.05) is 13.1 Å². The van der Waals surface area contributed by atoms with Crippen LogP contribution in [-0.4, -0.2) is 41.0 Å². The number of carbonyl (C=O) groups is 2. The summed E-state index contributed by atoms with van der Waals surface area (Å²) in [5.41, 5.74) is 6.89. The van der Waals surface area contributed by atoms with E-state index in [1.165, 1.54) is 4.90 Å². The monoisotopic (exact) mass is 264 g/mol. The molecule has 0 aromatic heterocycles. The predicted octanol–water partition coefficient (Wildman–Crippen LogP) is 0.880. The molecular formula is C14H20N2O3. The van der Waals surface area contributed by atoms with Crippen LogP contribution in [0.5, 0.6) is 0 Å². The Morgan fingerprint density at radius 3 is 2.47 bits per heavy atom. The minimum Gasteiger partial charge on any atom is -0.481 e. The van der Waals surface area contributed by atoms with Crippen molar-refractivity contribution in [2.75, 3.05) is 13.1 Å². The van der Waals surface area contributed by atoms with E-state index in [1.54, 1.807) is 0 Å². The number of aliphatic carboxylic acids is 1. The maximum Gasteiger partial charge on any atom is 0.305 e. The van der Waals surface area contributed by atoms with Crippen molar-refractivity contribution < 1.29 is 14.7 Å². The molecule has 5 nitrogen and oxygen atoms in total. The average Bonchev–Trinajstić information content (AvgIpc) is 2.40. The van der Waals surface area contributed by atoms with Crippen LogP contribution in [0.2, 0.25) is 0 Å². The van der Waals surface area contributed by atoms with Crippen LogP contribution in [0, 0.1) is 0 Å². The number of hydrogen-bond donors (Lipinski definition) is 2. The van der Waals surface area contributed by atoms with Crippen LogP contribution < -0.4 is 5.73 Å². The van der Waals surface area contributed by atoms with Crippen LogP contribution in [0.15, 0.2) is 30.3 Å². The van der Waals surface area contributed by atoms with E-state index in [0.29, 0.717) is 13.0 Å². The number of benzene rings is 1. The van der Waals surface area contributed by atoms with Crippen molar-refractivity contribution in [3.05, 3.63) is 35.9 Å². The molecule has 0 aliphatic rings. The van der Waals surface area contributed by atoms with E-state index in [-0.39, 0.29) is 18.9 Å². The number of hydrogen-bond acceptors (Lipinski definition) is 3. The summed E-state index contributed by atoms with van der Waals surface area (Å²) >= 11 is 0. The molecule has 104 valence electrons. The summed E-state index contributed by atoms with van der Waals surface area (Å²) in [5, 5.41) is 8.64. The van der Waals surface area contributed by atoms with E-state index in [4.69, 9.17) is 10.8 Å². The second kappa shape index (κ2) is 7.53. The van der Waals surface area contributed by atoms with Crippen molar-refractivity contribution >= 4 is 11.9 Å². The first kappa shape index (κ1) is 15.2. The predicted molar refractivity (Wildman–Crippen MR) is 72.6 cm³/mol. The zero-order chi connectivity index (χ0) is 14.3. The Bertz CT molecular complexity index is 420. The smallest absolute Gasteiger partial charge is 0.305 e. The summed E-state index contributed by atoms with van der Waals surface area (Å²) in [6.07, 6.45) is 0.404. The lowest BCUT2D eigenvalue weighted by molar-refractivity contribution is -0.138. The third-order valence-corrected chi connectivity index (χ3v) is 2.90. The molecule has 1 atom stereocenters. The quantitative estimate of drug-likeness (QED) is 0.765. The molecule has 0 bridgehead atoms. The Hall–Kier alpha value is -1.88. The van der Waals surface area contributed by atoms with Crippen molar-refractivity contribution in [1.29, 1.82) is 0 Å². The zero-order valence-corrected chi connectivity index (χ0v) is 11.1. The summed E-state index contributed by atoms with van der Waals surface area (Å²) in [6.45, 7) is 2.48. The van der Waals surface area contributed by atoms with E-state index in [9.17, 15) is 9.59 Å². The Balaban J connectivity index is 2.56. The number of nitrogens with two attached hydrogens (primary N) is 1. The molecule has 0 aliphatic heterocycles. The number of carboxylic acids is 1. The fourth-order valence-electron chi connectivity index (χ4n) is 1.84. The molecule has 1 amide bonds. The van der Waals surface area contributed by atoms with Gasteiger partial charge < -0.3 is 15.7 Å². The van der Waals surface area contributed by atoms with Crippen molar-refractivity contribution in [2.45, 2.75) is 25.8 Å². The van der Waals surface area contributed by atoms with E-state index in [1.807, 2.05) is 37.3 Å². The van der Waals surface area contributed by atoms with Crippen molar-refractivity contribution in [2.24, 2.45) is 5.73 Å². The topological polar surface area (TPSA) is 83.6 Å². The van der Waals surface area contributed by atoms with Gasteiger partial charge in [-0.2, -0.15) is 0 Å². The SMILES string of the molecule is CCN(CCC(=O)O)C(=O)[C@@H](N)Cc1ccccc1. The van der Waals surface area contributed by atoms with Gasteiger partial charge in [-0.15, -0.1) is 0 Å². The highest BCUT2D eigenvalue weighted by Crippen LogP contribution is 2.05. The Labute approximate surface area is 113 Å². The Morgan fingerprint density at radius 2 is 1.95 bits per heavy atom. The maximum atomic E-state index is 12.1. The number of carboxylic acid groups (broad SMARTS) is 1. The minimum atomic E-state index is -0.914. The Kier molecular flexibility index (Phi) is 6.02. The molecule has 0 saturated heterocycles. The van der Waals surface area contributed by atoms with Gasteiger partial charge in [-0.3, -0.25) is 9.59 Å². The lowest BCUT2D eigenvalue weighted by Gasteiger charge is -2.23. The Morgan fingerprint density at radius 1 is 1.32 bits per heavy atom. The highest BCUT2D eigenvalue weighted by Gasteiger charge is 2.20. The number of rotatable bonds is 7. The molecule has 3 N–H and O–H groups in total. The third kappa shape index (κ3) is 5.09. The summed E-state index contributed by atoms with van der Waals surface area (Å²) in [5.74, 6) is -1.12. The fraction of sp³-hybridized carbons (Fsp3) is 0.429. The first-order valence-electron chi connectivity index (χ1n) is 6.34. The molecule has 0 heterocycles. The third-order valence-electron chi connectivity index (χ3n) is 2.90. The van der Waals surface area contributed by atoms with E-state index >= 15 is 0 Å². The lowest BCUT2D eigenvalue weighted by Crippen LogP contribution is -2.45. The van der Waals surface area contributed by atoms with Crippen molar-refractivity contribution in [3.63, 3.8) is 0 Å². The van der Waals surface area contributed by atoms with Gasteiger partial charge in [-0.25, -0.2) is 0 Å². The van der Waals surface area contributed by atoms with Crippen LogP contribution in [0.25, 0.3) is 0 Å². The molecule has 0 aliphatic carbocycles. The zero-order valence-electron chi connectivity index (χ0n) is 11.1. The molecule has 0 fully saturated rings. The molecule has 1 aromatic rings. The highest BCUT2D eigenvalue weighted by molar-refractivity contribution is 5.82. The van der Waals surface area contributed by atoms with Gasteiger partial charge in [0.1, 0.15) is 0 Å². The molecular weight excluding hydrogens is 244 g/mol. The van der Waals surface area contributed by atoms with E-state index < -0.39 is 12.0 Å². The number of carbonyl (C=O) groups excluding carboxylic acids is 1. The van der Waals surface area contributed by atoms with Crippen LogP contribution in [-0.2, 0) is 16.0 Å². The molecule has 0 unspecified atom stereocenters. The lowest BCUT2D eigenvalue weighted by atomic mass is 10.1. The second-order valence-electron chi connectivity index (χ2n) is 4.36. The van der Waals surface area contributed by atoms with Crippen LogP contribution in [0.3, 0.4) is 0 Å². The summed E-state index contributed by atoms with van der Waals surface area (Å²) in [4.78, 5) is 24.1. The standard InChI is InChI=1S/C14H20N2O3/c1-2-16(9-8-13(17)18)14(19)12(15)10-11-6-4-3-5-7-11/h3-7,12H,2,8-10,15H2,1H3,(H,17,18)/t12-/m0/s1. The molecule has 5 heteroatoms. The number of likely N-dealkylation sites (N-methyl/N-ethyl adjacent to an activating group) is 1. The van der Waals surface area contributed by atoms with Crippen LogP contribution in [0.1, 0.15) is 18.9 Å². The van der Waals surface area contributed by atoms with Gasteiger partial charge in [0.05, 0.1) is 12.5 Å². The van der Waals surface area contributed by atoms with Gasteiger partial charge in [-0.05, 0) is 18.9 Å². The molecule has 19 heavy (non-hydrogen) atoms. The molecule has 1 rings (SSSR count). The molecule has 1 aromatic carbocycles. The first-order valence-corrected chi connectivity index (χ1v) is 6.34. The molecule has 0 spiro atoms. The fourth-order valence-corrected chi connectivity index (χ4v) is 1.84. The maximum absolute atomic E-state index is 12.1. The van der Waals surface area contributed by atoms with E-state index in [0.717, 1.165) is 5.56 Å². The van der Waals surface area contributed by atoms with Gasteiger partial charge in [0.15, 0.2) is 0 Å². The van der Waals surface area contributed by atoms with Gasteiger partial charge >= 0.3 is 5.97 Å². The van der Waals surface area contributed by atoms with Gasteiger partial charge in [-0.1, -0.05) is 30.3 Å². The van der Waals surface area contributed by atoms with Crippen LogP contribution in [0.4, 0.5) is 0 Å². The molecule has 0 radical (unpaired) electrons. The highest BCUT2D eigenvalue weighted by atomic mass is 16.4. The summed E-state index contributed by atoms with van der Waals surface area (Å²) in [6, 6.07) is 8.91. The van der Waals surface area contributed by atoms with Crippen molar-refractivity contribution in [3.8, 4) is 0 Å².